The molecule has 2 aliphatic rings. The molecule has 2 rings (SSSR count). The van der Waals surface area contributed by atoms with Crippen molar-refractivity contribution in [3.05, 3.63) is 0 Å². The van der Waals surface area contributed by atoms with Gasteiger partial charge < -0.3 is 14.5 Å². The Balaban J connectivity index is 1.94. The minimum absolute atomic E-state index is 0.00190. The van der Waals surface area contributed by atoms with Gasteiger partial charge in [-0.05, 0) is 20.8 Å². The Morgan fingerprint density at radius 3 is 2.75 bits per heavy atom. The van der Waals surface area contributed by atoms with E-state index >= 15 is 0 Å². The molecule has 7 heteroatoms. The average Bonchev–Trinajstić information content (AvgIpc) is 2.30. The predicted molar refractivity (Wildman–Crippen MR) is 70.9 cm³/mol. The number of amides is 4. The maximum Gasteiger partial charge on any atom is 0.324 e. The highest BCUT2D eigenvalue weighted by atomic mass is 16.5. The van der Waals surface area contributed by atoms with Crippen LogP contribution in [0.3, 0.4) is 0 Å². The van der Waals surface area contributed by atoms with E-state index in [2.05, 4.69) is 5.32 Å². The van der Waals surface area contributed by atoms with Crippen LogP contribution in [0.5, 0.6) is 0 Å². The molecular weight excluding hydrogens is 262 g/mol. The molecule has 0 bridgehead atoms. The molecular formula is C13H21N3O4. The quantitative estimate of drug-likeness (QED) is 0.771. The molecule has 0 aromatic heterocycles. The van der Waals surface area contributed by atoms with Gasteiger partial charge in [0.2, 0.25) is 11.8 Å². The van der Waals surface area contributed by atoms with Gasteiger partial charge in [-0.1, -0.05) is 0 Å². The standard InChI is InChI=1S/C13H21N3O4/c1-9-6-16(8-13(2,3)20-9)11(18)7-15-5-4-10(17)14-12(15)19/h9H,4-8H2,1-3H3,(H,14,17,19). The fourth-order valence-corrected chi connectivity index (χ4v) is 2.66. The summed E-state index contributed by atoms with van der Waals surface area (Å²) in [7, 11) is 0. The zero-order valence-electron chi connectivity index (χ0n) is 12.1. The summed E-state index contributed by atoms with van der Waals surface area (Å²) in [6.45, 7) is 7.13. The second kappa shape index (κ2) is 5.40. The number of carbonyl (C=O) groups excluding carboxylic acids is 3. The normalized spacial score (nSPS) is 26.4. The average molecular weight is 283 g/mol. The summed E-state index contributed by atoms with van der Waals surface area (Å²) in [5.41, 5.74) is -0.381. The predicted octanol–water partition coefficient (Wildman–Crippen LogP) is -0.0458. The molecule has 4 amide bonds. The monoisotopic (exact) mass is 283 g/mol. The van der Waals surface area contributed by atoms with Crippen molar-refractivity contribution >= 4 is 17.8 Å². The van der Waals surface area contributed by atoms with Crippen LogP contribution in [0.1, 0.15) is 27.2 Å². The number of ether oxygens (including phenoxy) is 1. The van der Waals surface area contributed by atoms with Gasteiger partial charge in [0.25, 0.3) is 0 Å². The minimum atomic E-state index is -0.491. The van der Waals surface area contributed by atoms with E-state index in [1.807, 2.05) is 20.8 Å². The third kappa shape index (κ3) is 3.47. The number of urea groups is 1. The molecule has 2 fully saturated rings. The first-order valence-corrected chi connectivity index (χ1v) is 6.81. The molecule has 2 aliphatic heterocycles. The molecule has 0 spiro atoms. The summed E-state index contributed by atoms with van der Waals surface area (Å²) in [5.74, 6) is -0.405. The van der Waals surface area contributed by atoms with Crippen molar-refractivity contribution in [2.45, 2.75) is 38.9 Å². The summed E-state index contributed by atoms with van der Waals surface area (Å²) in [4.78, 5) is 38.1. The second-order valence-corrected chi connectivity index (χ2v) is 5.99. The van der Waals surface area contributed by atoms with Crippen LogP contribution in [-0.4, -0.2) is 65.5 Å². The van der Waals surface area contributed by atoms with Gasteiger partial charge in [0.15, 0.2) is 0 Å². The second-order valence-electron chi connectivity index (χ2n) is 5.99. The number of rotatable bonds is 2. The Morgan fingerprint density at radius 1 is 1.45 bits per heavy atom. The first-order chi connectivity index (χ1) is 9.27. The fraction of sp³-hybridized carbons (Fsp3) is 0.769. The lowest BCUT2D eigenvalue weighted by atomic mass is 10.1. The Hall–Kier alpha value is -1.63. The van der Waals surface area contributed by atoms with Gasteiger partial charge in [0.1, 0.15) is 6.54 Å². The zero-order chi connectivity index (χ0) is 14.9. The van der Waals surface area contributed by atoms with Gasteiger partial charge in [-0.2, -0.15) is 0 Å². The fourth-order valence-electron chi connectivity index (χ4n) is 2.66. The van der Waals surface area contributed by atoms with E-state index < -0.39 is 6.03 Å². The molecule has 1 atom stereocenters. The number of nitrogens with one attached hydrogen (secondary N) is 1. The molecule has 7 nitrogen and oxygen atoms in total. The number of nitrogens with zero attached hydrogens (tertiary/aromatic N) is 2. The topological polar surface area (TPSA) is 79.0 Å². The number of hydrogen-bond donors (Lipinski definition) is 1. The summed E-state index contributed by atoms with van der Waals surface area (Å²) in [6.07, 6.45) is 0.212. The van der Waals surface area contributed by atoms with Gasteiger partial charge >= 0.3 is 6.03 Å². The van der Waals surface area contributed by atoms with E-state index in [-0.39, 0.29) is 36.5 Å². The molecule has 2 heterocycles. The largest absolute Gasteiger partial charge is 0.369 e. The molecule has 2 saturated heterocycles. The van der Waals surface area contributed by atoms with Crippen LogP contribution in [0.25, 0.3) is 0 Å². The zero-order valence-corrected chi connectivity index (χ0v) is 12.1. The van der Waals surface area contributed by atoms with E-state index in [0.717, 1.165) is 0 Å². The summed E-state index contributed by atoms with van der Waals surface area (Å²) < 4.78 is 5.75. The highest BCUT2D eigenvalue weighted by molar-refractivity contribution is 5.98. The first-order valence-electron chi connectivity index (χ1n) is 6.81. The van der Waals surface area contributed by atoms with Gasteiger partial charge in [-0.25, -0.2) is 4.79 Å². The van der Waals surface area contributed by atoms with Crippen LogP contribution in [0, 0.1) is 0 Å². The highest BCUT2D eigenvalue weighted by Gasteiger charge is 2.35. The van der Waals surface area contributed by atoms with Crippen LogP contribution < -0.4 is 5.32 Å². The number of imide groups is 1. The molecule has 0 aromatic rings. The molecule has 1 N–H and O–H groups in total. The van der Waals surface area contributed by atoms with E-state index in [4.69, 9.17) is 4.74 Å². The highest BCUT2D eigenvalue weighted by Crippen LogP contribution is 2.21. The number of carbonyl (C=O) groups is 3. The Labute approximate surface area is 118 Å². The Kier molecular flexibility index (Phi) is 3.99. The van der Waals surface area contributed by atoms with Crippen LogP contribution in [0.15, 0.2) is 0 Å². The molecule has 112 valence electrons. The molecule has 0 radical (unpaired) electrons. The summed E-state index contributed by atoms with van der Waals surface area (Å²) in [6, 6.07) is -0.491. The van der Waals surface area contributed by atoms with Crippen molar-refractivity contribution in [3.63, 3.8) is 0 Å². The third-order valence-electron chi connectivity index (χ3n) is 3.39. The first kappa shape index (κ1) is 14.8. The third-order valence-corrected chi connectivity index (χ3v) is 3.39. The van der Waals surface area contributed by atoms with E-state index in [9.17, 15) is 14.4 Å². The van der Waals surface area contributed by atoms with Crippen molar-refractivity contribution in [2.24, 2.45) is 0 Å². The van der Waals surface area contributed by atoms with E-state index in [1.54, 1.807) is 4.90 Å². The van der Waals surface area contributed by atoms with Crippen molar-refractivity contribution in [1.82, 2.24) is 15.1 Å². The molecule has 0 aromatic carbocycles. The van der Waals surface area contributed by atoms with Crippen LogP contribution >= 0.6 is 0 Å². The van der Waals surface area contributed by atoms with E-state index in [1.165, 1.54) is 4.90 Å². The SMILES string of the molecule is CC1CN(C(=O)CN2CCC(=O)NC2=O)CC(C)(C)O1. The Bertz CT molecular complexity index is 435. The van der Waals surface area contributed by atoms with Gasteiger partial charge in [0, 0.05) is 26.1 Å². The van der Waals surface area contributed by atoms with Crippen molar-refractivity contribution in [2.75, 3.05) is 26.2 Å². The lowest BCUT2D eigenvalue weighted by Crippen LogP contribution is -2.57. The lowest BCUT2D eigenvalue weighted by molar-refractivity contribution is -0.158. The molecule has 0 saturated carbocycles. The lowest BCUT2D eigenvalue weighted by Gasteiger charge is -2.42. The molecule has 20 heavy (non-hydrogen) atoms. The van der Waals surface area contributed by atoms with E-state index in [0.29, 0.717) is 19.6 Å². The van der Waals surface area contributed by atoms with Gasteiger partial charge in [0.05, 0.1) is 11.7 Å². The number of morpholine rings is 1. The smallest absolute Gasteiger partial charge is 0.324 e. The molecule has 1 unspecified atom stereocenters. The summed E-state index contributed by atoms with van der Waals surface area (Å²) >= 11 is 0. The van der Waals surface area contributed by atoms with Crippen LogP contribution in [0.2, 0.25) is 0 Å². The Morgan fingerprint density at radius 2 is 2.15 bits per heavy atom. The maximum atomic E-state index is 12.3. The van der Waals surface area contributed by atoms with Crippen molar-refractivity contribution < 1.29 is 19.1 Å². The summed E-state index contributed by atoms with van der Waals surface area (Å²) in [5, 5.41) is 2.22. The van der Waals surface area contributed by atoms with Crippen molar-refractivity contribution in [1.29, 1.82) is 0 Å². The van der Waals surface area contributed by atoms with Crippen molar-refractivity contribution in [3.8, 4) is 0 Å². The van der Waals surface area contributed by atoms with Gasteiger partial charge in [-0.3, -0.25) is 14.9 Å². The minimum Gasteiger partial charge on any atom is -0.369 e. The van der Waals surface area contributed by atoms with Gasteiger partial charge in [-0.15, -0.1) is 0 Å². The van der Waals surface area contributed by atoms with Crippen LogP contribution in [0.4, 0.5) is 4.79 Å². The van der Waals surface area contributed by atoms with Crippen LogP contribution in [-0.2, 0) is 14.3 Å². The molecule has 0 aliphatic carbocycles. The maximum absolute atomic E-state index is 12.3. The number of hydrogen-bond acceptors (Lipinski definition) is 4.